The first-order valence-electron chi connectivity index (χ1n) is 8.19. The summed E-state index contributed by atoms with van der Waals surface area (Å²) in [4.78, 5) is 19.5. The number of aromatic nitrogens is 2. The highest BCUT2D eigenvalue weighted by Crippen LogP contribution is 2.38. The number of hydrogen-bond donors (Lipinski definition) is 2. The molecule has 2 aromatic carbocycles. The van der Waals surface area contributed by atoms with Gasteiger partial charge in [0.1, 0.15) is 5.75 Å². The maximum Gasteiger partial charge on any atom is 0.418 e. The first kappa shape index (κ1) is 20.3. The number of hydrogen-bond acceptors (Lipinski definition) is 4. The fourth-order valence-electron chi connectivity index (χ4n) is 2.49. The van der Waals surface area contributed by atoms with Crippen LogP contribution in [0.25, 0.3) is 11.0 Å². The van der Waals surface area contributed by atoms with E-state index in [-0.39, 0.29) is 10.8 Å². The van der Waals surface area contributed by atoms with Crippen LogP contribution in [0, 0.1) is 0 Å². The van der Waals surface area contributed by atoms with Gasteiger partial charge in [-0.2, -0.15) is 13.2 Å². The van der Waals surface area contributed by atoms with Crippen molar-refractivity contribution in [2.45, 2.75) is 18.3 Å². The predicted molar refractivity (Wildman–Crippen MR) is 103 cm³/mol. The van der Waals surface area contributed by atoms with E-state index in [1.54, 1.807) is 18.2 Å². The number of rotatable bonds is 6. The molecule has 0 aliphatic carbocycles. The van der Waals surface area contributed by atoms with E-state index in [9.17, 15) is 18.0 Å². The molecule has 3 rings (SSSR count). The molecule has 2 N–H and O–H groups in total. The molecule has 3 aromatic rings. The number of anilines is 1. The Morgan fingerprint density at radius 2 is 2.11 bits per heavy atom. The number of nitrogens with zero attached hydrogens (tertiary/aromatic N) is 1. The number of para-hydroxylation sites is 1. The van der Waals surface area contributed by atoms with Gasteiger partial charge in [0.2, 0.25) is 5.91 Å². The third-order valence-electron chi connectivity index (χ3n) is 3.67. The first-order valence-corrected chi connectivity index (χ1v) is 9.55. The lowest BCUT2D eigenvalue weighted by Gasteiger charge is -2.14. The Morgan fingerprint density at radius 1 is 1.32 bits per heavy atom. The molecule has 0 atom stereocenters. The molecule has 0 saturated heterocycles. The number of alkyl halides is 3. The van der Waals surface area contributed by atoms with Crippen LogP contribution in [0.3, 0.4) is 0 Å². The minimum atomic E-state index is -4.63. The lowest BCUT2D eigenvalue weighted by atomic mass is 10.1. The van der Waals surface area contributed by atoms with Crippen LogP contribution in [0.5, 0.6) is 5.75 Å². The maximum absolute atomic E-state index is 13.1. The molecule has 0 spiro atoms. The second kappa shape index (κ2) is 8.32. The van der Waals surface area contributed by atoms with Gasteiger partial charge in [0.05, 0.1) is 39.7 Å². The molecular weight excluding hydrogens is 415 g/mol. The summed E-state index contributed by atoms with van der Waals surface area (Å²) in [5.41, 5.74) is -0.0186. The van der Waals surface area contributed by atoms with Crippen LogP contribution in [-0.2, 0) is 11.0 Å². The number of benzene rings is 2. The molecule has 0 fully saturated rings. The SMILES string of the molecule is CCOc1ccc2nc(SCC(=O)Nc3c(Cl)cccc3C(F)(F)F)[nH]c2c1. The number of imidazole rings is 1. The summed E-state index contributed by atoms with van der Waals surface area (Å²) in [7, 11) is 0. The van der Waals surface area contributed by atoms with Crippen LogP contribution in [0.2, 0.25) is 5.02 Å². The lowest BCUT2D eigenvalue weighted by molar-refractivity contribution is -0.137. The summed E-state index contributed by atoms with van der Waals surface area (Å²) < 4.78 is 44.7. The Balaban J connectivity index is 1.69. The number of fused-ring (bicyclic) bond motifs is 1. The largest absolute Gasteiger partial charge is 0.494 e. The van der Waals surface area contributed by atoms with Gasteiger partial charge in [0.25, 0.3) is 0 Å². The number of aromatic amines is 1. The topological polar surface area (TPSA) is 67.0 Å². The fourth-order valence-corrected chi connectivity index (χ4v) is 3.39. The quantitative estimate of drug-likeness (QED) is 0.517. The van der Waals surface area contributed by atoms with E-state index in [0.717, 1.165) is 23.3 Å². The molecule has 28 heavy (non-hydrogen) atoms. The van der Waals surface area contributed by atoms with Gasteiger partial charge >= 0.3 is 6.18 Å². The number of carbonyl (C=O) groups excluding carboxylic acids is 1. The zero-order valence-electron chi connectivity index (χ0n) is 14.6. The standard InChI is InChI=1S/C18H15ClF3N3O2S/c1-2-27-10-6-7-13-14(8-10)24-17(23-13)28-9-15(26)25-16-11(18(20,21)22)4-3-5-12(16)19/h3-8H,2,9H2,1H3,(H,23,24)(H,25,26). The monoisotopic (exact) mass is 429 g/mol. The van der Waals surface area contributed by atoms with Gasteiger partial charge in [-0.1, -0.05) is 29.4 Å². The van der Waals surface area contributed by atoms with Gasteiger partial charge < -0.3 is 15.0 Å². The Hall–Kier alpha value is -2.39. The second-order valence-corrected chi connectivity index (χ2v) is 7.02. The average molecular weight is 430 g/mol. The number of H-pyrrole nitrogens is 1. The van der Waals surface area contributed by atoms with Crippen molar-refractivity contribution in [3.05, 3.63) is 47.0 Å². The van der Waals surface area contributed by atoms with Crippen molar-refractivity contribution in [1.29, 1.82) is 0 Å². The Morgan fingerprint density at radius 3 is 2.82 bits per heavy atom. The van der Waals surface area contributed by atoms with E-state index in [0.29, 0.717) is 23.0 Å². The fraction of sp³-hybridized carbons (Fsp3) is 0.222. The molecule has 1 aromatic heterocycles. The highest BCUT2D eigenvalue weighted by Gasteiger charge is 2.34. The lowest BCUT2D eigenvalue weighted by Crippen LogP contribution is -2.18. The van der Waals surface area contributed by atoms with Crippen LogP contribution in [0.4, 0.5) is 18.9 Å². The third-order valence-corrected chi connectivity index (χ3v) is 4.85. The zero-order chi connectivity index (χ0) is 20.3. The molecule has 0 bridgehead atoms. The van der Waals surface area contributed by atoms with Crippen LogP contribution in [0.15, 0.2) is 41.6 Å². The molecule has 10 heteroatoms. The number of thioether (sulfide) groups is 1. The molecule has 0 radical (unpaired) electrons. The van der Waals surface area contributed by atoms with Gasteiger partial charge in [0.15, 0.2) is 5.16 Å². The summed E-state index contributed by atoms with van der Waals surface area (Å²) in [5.74, 6) is -0.0777. The minimum Gasteiger partial charge on any atom is -0.494 e. The van der Waals surface area contributed by atoms with Crippen LogP contribution < -0.4 is 10.1 Å². The molecule has 1 heterocycles. The van der Waals surface area contributed by atoms with E-state index >= 15 is 0 Å². The summed E-state index contributed by atoms with van der Waals surface area (Å²) in [6.07, 6.45) is -4.63. The number of carbonyl (C=O) groups is 1. The number of nitrogens with one attached hydrogen (secondary N) is 2. The molecule has 1 amide bonds. The molecular formula is C18H15ClF3N3O2S. The van der Waals surface area contributed by atoms with Gasteiger partial charge in [-0.25, -0.2) is 4.98 Å². The van der Waals surface area contributed by atoms with E-state index in [1.807, 2.05) is 6.92 Å². The first-order chi connectivity index (χ1) is 13.3. The molecule has 0 unspecified atom stereocenters. The summed E-state index contributed by atoms with van der Waals surface area (Å²) >= 11 is 6.91. The van der Waals surface area contributed by atoms with E-state index in [4.69, 9.17) is 16.3 Å². The number of halogens is 4. The number of amides is 1. The summed E-state index contributed by atoms with van der Waals surface area (Å²) in [6, 6.07) is 8.68. The van der Waals surface area contributed by atoms with Crippen molar-refractivity contribution >= 4 is 46.0 Å². The second-order valence-electron chi connectivity index (χ2n) is 5.65. The Labute approximate surface area is 167 Å². The minimum absolute atomic E-state index is 0.138. The highest BCUT2D eigenvalue weighted by atomic mass is 35.5. The molecule has 5 nitrogen and oxygen atoms in total. The van der Waals surface area contributed by atoms with Crippen molar-refractivity contribution in [2.75, 3.05) is 17.7 Å². The van der Waals surface area contributed by atoms with Crippen LogP contribution >= 0.6 is 23.4 Å². The van der Waals surface area contributed by atoms with Crippen LogP contribution in [-0.4, -0.2) is 28.2 Å². The van der Waals surface area contributed by atoms with Crippen molar-refractivity contribution in [3.63, 3.8) is 0 Å². The van der Waals surface area contributed by atoms with Crippen LogP contribution in [0.1, 0.15) is 12.5 Å². The summed E-state index contributed by atoms with van der Waals surface area (Å²) in [6.45, 7) is 2.41. The Kier molecular flexibility index (Phi) is 6.04. The molecule has 0 saturated carbocycles. The third kappa shape index (κ3) is 4.71. The van der Waals surface area contributed by atoms with Gasteiger partial charge in [-0.3, -0.25) is 4.79 Å². The smallest absolute Gasteiger partial charge is 0.418 e. The number of ether oxygens (including phenoxy) is 1. The normalized spacial score (nSPS) is 11.6. The van der Waals surface area contributed by atoms with Crippen molar-refractivity contribution in [2.24, 2.45) is 0 Å². The Bertz CT molecular complexity index is 1010. The molecule has 148 valence electrons. The van der Waals surface area contributed by atoms with Gasteiger partial charge in [0, 0.05) is 6.07 Å². The van der Waals surface area contributed by atoms with Crippen molar-refractivity contribution in [1.82, 2.24) is 9.97 Å². The summed E-state index contributed by atoms with van der Waals surface area (Å²) in [5, 5.41) is 2.53. The van der Waals surface area contributed by atoms with E-state index in [2.05, 4.69) is 15.3 Å². The zero-order valence-corrected chi connectivity index (χ0v) is 16.1. The maximum atomic E-state index is 13.1. The van der Waals surface area contributed by atoms with E-state index in [1.165, 1.54) is 12.1 Å². The van der Waals surface area contributed by atoms with E-state index < -0.39 is 23.3 Å². The predicted octanol–water partition coefficient (Wildman–Crippen LogP) is 5.36. The molecule has 0 aliphatic rings. The average Bonchev–Trinajstić information content (AvgIpc) is 3.03. The molecule has 0 aliphatic heterocycles. The van der Waals surface area contributed by atoms with Crippen molar-refractivity contribution < 1.29 is 22.7 Å². The highest BCUT2D eigenvalue weighted by molar-refractivity contribution is 7.99. The van der Waals surface area contributed by atoms with Crippen molar-refractivity contribution in [3.8, 4) is 5.75 Å². The van der Waals surface area contributed by atoms with Gasteiger partial charge in [-0.05, 0) is 31.2 Å². The van der Waals surface area contributed by atoms with Gasteiger partial charge in [-0.15, -0.1) is 0 Å².